The Balaban J connectivity index is 1.94. The van der Waals surface area contributed by atoms with Crippen molar-refractivity contribution in [3.8, 4) is 0 Å². The fourth-order valence-corrected chi connectivity index (χ4v) is 2.00. The van der Waals surface area contributed by atoms with Crippen LogP contribution in [0.2, 0.25) is 0 Å². The number of aromatic nitrogens is 1. The lowest BCUT2D eigenvalue weighted by Gasteiger charge is -2.29. The van der Waals surface area contributed by atoms with E-state index in [1.807, 2.05) is 6.92 Å². The van der Waals surface area contributed by atoms with Gasteiger partial charge in [-0.3, -0.25) is 4.90 Å². The molecule has 2 heterocycles. The van der Waals surface area contributed by atoms with E-state index >= 15 is 0 Å². The Hall–Kier alpha value is -1.34. The van der Waals surface area contributed by atoms with E-state index in [1.54, 1.807) is 0 Å². The predicted molar refractivity (Wildman–Crippen MR) is 64.5 cm³/mol. The van der Waals surface area contributed by atoms with Crippen LogP contribution in [0.3, 0.4) is 0 Å². The molecule has 1 aliphatic rings. The third-order valence-corrected chi connectivity index (χ3v) is 2.91. The molecule has 0 aromatic carbocycles. The number of hydrogen-bond donors (Lipinski definition) is 1. The quantitative estimate of drug-likeness (QED) is 0.848. The van der Waals surface area contributed by atoms with Gasteiger partial charge < -0.3 is 10.1 Å². The van der Waals surface area contributed by atoms with Crippen LogP contribution in [0.4, 0.5) is 19.0 Å². The van der Waals surface area contributed by atoms with Crippen molar-refractivity contribution in [3.05, 3.63) is 23.6 Å². The van der Waals surface area contributed by atoms with Gasteiger partial charge in [-0.2, -0.15) is 9.37 Å². The number of morpholine rings is 1. The highest BCUT2D eigenvalue weighted by atomic mass is 19.2. The lowest BCUT2D eigenvalue weighted by Crippen LogP contribution is -2.42. The van der Waals surface area contributed by atoms with Crippen molar-refractivity contribution < 1.29 is 17.9 Å². The maximum absolute atomic E-state index is 13.4. The summed E-state index contributed by atoms with van der Waals surface area (Å²) in [5.74, 6) is -3.75. The van der Waals surface area contributed by atoms with Crippen LogP contribution in [0.1, 0.15) is 6.92 Å². The topological polar surface area (TPSA) is 37.4 Å². The smallest absolute Gasteiger partial charge is 0.251 e. The van der Waals surface area contributed by atoms with Gasteiger partial charge in [-0.15, -0.1) is 0 Å². The van der Waals surface area contributed by atoms with Crippen LogP contribution >= 0.6 is 0 Å². The van der Waals surface area contributed by atoms with Gasteiger partial charge in [-0.05, 0) is 6.92 Å². The maximum atomic E-state index is 13.4. The highest BCUT2D eigenvalue weighted by Gasteiger charge is 2.17. The molecule has 0 aliphatic carbocycles. The van der Waals surface area contributed by atoms with Crippen LogP contribution in [0.15, 0.2) is 6.07 Å². The molecule has 1 aromatic rings. The van der Waals surface area contributed by atoms with Gasteiger partial charge in [-0.25, -0.2) is 8.78 Å². The van der Waals surface area contributed by atoms with E-state index in [4.69, 9.17) is 4.74 Å². The molecule has 1 aromatic heterocycles. The first-order valence-electron chi connectivity index (χ1n) is 6.14. The van der Waals surface area contributed by atoms with Crippen molar-refractivity contribution in [1.82, 2.24) is 9.88 Å². The Bertz CT molecular complexity index is 438. The van der Waals surface area contributed by atoms with Gasteiger partial charge in [-0.1, -0.05) is 0 Å². The SMILES string of the molecule is CC(CN1CCOCC1)Nc1nc(F)c(F)cc1F. The second kappa shape index (κ2) is 6.21. The Labute approximate surface area is 109 Å². The molecule has 1 unspecified atom stereocenters. The van der Waals surface area contributed by atoms with E-state index < -0.39 is 17.6 Å². The Morgan fingerprint density at radius 3 is 2.68 bits per heavy atom. The van der Waals surface area contributed by atoms with Crippen LogP contribution < -0.4 is 5.32 Å². The number of hydrogen-bond acceptors (Lipinski definition) is 4. The predicted octanol–water partition coefficient (Wildman–Crippen LogP) is 1.63. The van der Waals surface area contributed by atoms with Crippen LogP contribution in [-0.4, -0.2) is 48.8 Å². The van der Waals surface area contributed by atoms with Crippen molar-refractivity contribution in [2.45, 2.75) is 13.0 Å². The molecule has 7 heteroatoms. The first-order chi connectivity index (χ1) is 9.06. The standard InChI is InChI=1S/C12H16F3N3O/c1-8(7-18-2-4-19-5-3-18)16-12-10(14)6-9(13)11(15)17-12/h6,8H,2-5,7H2,1H3,(H,16,17). The summed E-state index contributed by atoms with van der Waals surface area (Å²) < 4.78 is 44.3. The van der Waals surface area contributed by atoms with Crippen LogP contribution in [0.5, 0.6) is 0 Å². The summed E-state index contributed by atoms with van der Waals surface area (Å²) in [5, 5.41) is 2.75. The minimum atomic E-state index is -1.30. The molecule has 2 rings (SSSR count). The molecule has 0 radical (unpaired) electrons. The van der Waals surface area contributed by atoms with E-state index in [0.29, 0.717) is 25.8 Å². The van der Waals surface area contributed by atoms with E-state index in [-0.39, 0.29) is 11.9 Å². The second-order valence-electron chi connectivity index (χ2n) is 4.55. The lowest BCUT2D eigenvalue weighted by molar-refractivity contribution is 0.0367. The van der Waals surface area contributed by atoms with Crippen molar-refractivity contribution in [2.24, 2.45) is 0 Å². The lowest BCUT2D eigenvalue weighted by atomic mass is 10.2. The average Bonchev–Trinajstić information content (AvgIpc) is 2.37. The maximum Gasteiger partial charge on any atom is 0.251 e. The summed E-state index contributed by atoms with van der Waals surface area (Å²) in [7, 11) is 0. The monoisotopic (exact) mass is 275 g/mol. The largest absolute Gasteiger partial charge is 0.379 e. The number of ether oxygens (including phenoxy) is 1. The Kier molecular flexibility index (Phi) is 4.60. The molecule has 1 saturated heterocycles. The van der Waals surface area contributed by atoms with Gasteiger partial charge in [0.1, 0.15) is 0 Å². The van der Waals surface area contributed by atoms with Gasteiger partial charge in [0.05, 0.1) is 13.2 Å². The first kappa shape index (κ1) is 14.1. The minimum absolute atomic E-state index is 0.134. The molecule has 1 aliphatic heterocycles. The molecular formula is C12H16F3N3O. The summed E-state index contributed by atoms with van der Waals surface area (Å²) >= 11 is 0. The van der Waals surface area contributed by atoms with Crippen molar-refractivity contribution >= 4 is 5.82 Å². The van der Waals surface area contributed by atoms with Gasteiger partial charge in [0.25, 0.3) is 5.95 Å². The van der Waals surface area contributed by atoms with Gasteiger partial charge in [0.15, 0.2) is 17.5 Å². The number of halogens is 3. The fraction of sp³-hybridized carbons (Fsp3) is 0.583. The molecule has 0 saturated carbocycles. The number of anilines is 1. The summed E-state index contributed by atoms with van der Waals surface area (Å²) in [6, 6.07) is 0.358. The van der Waals surface area contributed by atoms with Crippen molar-refractivity contribution in [1.29, 1.82) is 0 Å². The summed E-state index contributed by atoms with van der Waals surface area (Å²) in [6.07, 6.45) is 0. The number of pyridine rings is 1. The second-order valence-corrected chi connectivity index (χ2v) is 4.55. The Morgan fingerprint density at radius 1 is 1.32 bits per heavy atom. The molecule has 0 amide bonds. The minimum Gasteiger partial charge on any atom is -0.379 e. The normalized spacial score (nSPS) is 18.3. The van der Waals surface area contributed by atoms with Gasteiger partial charge >= 0.3 is 0 Å². The van der Waals surface area contributed by atoms with E-state index in [2.05, 4.69) is 15.2 Å². The Morgan fingerprint density at radius 2 is 2.00 bits per heavy atom. The third-order valence-electron chi connectivity index (χ3n) is 2.91. The van der Waals surface area contributed by atoms with Crippen molar-refractivity contribution in [2.75, 3.05) is 38.2 Å². The molecule has 0 bridgehead atoms. The number of nitrogens with zero attached hydrogens (tertiary/aromatic N) is 2. The number of nitrogens with one attached hydrogen (secondary N) is 1. The first-order valence-corrected chi connectivity index (χ1v) is 6.14. The molecule has 106 valence electrons. The summed E-state index contributed by atoms with van der Waals surface area (Å²) in [4.78, 5) is 5.39. The average molecular weight is 275 g/mol. The van der Waals surface area contributed by atoms with E-state index in [9.17, 15) is 13.2 Å². The van der Waals surface area contributed by atoms with Crippen molar-refractivity contribution in [3.63, 3.8) is 0 Å². The molecule has 0 spiro atoms. The molecular weight excluding hydrogens is 259 g/mol. The highest BCUT2D eigenvalue weighted by molar-refractivity contribution is 5.37. The van der Waals surface area contributed by atoms with Crippen LogP contribution in [-0.2, 0) is 4.74 Å². The number of rotatable bonds is 4. The molecule has 1 fully saturated rings. The van der Waals surface area contributed by atoms with Gasteiger partial charge in [0.2, 0.25) is 0 Å². The van der Waals surface area contributed by atoms with Crippen LogP contribution in [0.25, 0.3) is 0 Å². The van der Waals surface area contributed by atoms with Gasteiger partial charge in [0, 0.05) is 31.7 Å². The third kappa shape index (κ3) is 3.81. The zero-order valence-electron chi connectivity index (χ0n) is 10.6. The fourth-order valence-electron chi connectivity index (χ4n) is 2.00. The summed E-state index contributed by atoms with van der Waals surface area (Å²) in [5.41, 5.74) is 0. The molecule has 4 nitrogen and oxygen atoms in total. The highest BCUT2D eigenvalue weighted by Crippen LogP contribution is 2.15. The zero-order valence-corrected chi connectivity index (χ0v) is 10.6. The summed E-state index contributed by atoms with van der Waals surface area (Å²) in [6.45, 7) is 5.44. The molecule has 1 N–H and O–H groups in total. The molecule has 1 atom stereocenters. The van der Waals surface area contributed by atoms with E-state index in [0.717, 1.165) is 13.1 Å². The van der Waals surface area contributed by atoms with E-state index in [1.165, 1.54) is 0 Å². The van der Waals surface area contributed by atoms with Crippen LogP contribution in [0, 0.1) is 17.6 Å². The molecule has 19 heavy (non-hydrogen) atoms. The zero-order chi connectivity index (χ0) is 13.8.